The second kappa shape index (κ2) is 33.1. The van der Waals surface area contributed by atoms with E-state index in [0.717, 1.165) is 57.8 Å². The highest BCUT2D eigenvalue weighted by Crippen LogP contribution is 2.48. The fourth-order valence-corrected chi connectivity index (χ4v) is 19.1. The topological polar surface area (TPSA) is 11.6 Å². The highest BCUT2D eigenvalue weighted by atomic mass is 14.9. The highest BCUT2D eigenvalue weighted by Gasteiger charge is 2.33. The summed E-state index contributed by atoms with van der Waals surface area (Å²) in [5.74, 6) is 2.70. The van der Waals surface area contributed by atoms with Crippen molar-refractivity contribution in [2.45, 2.75) is 217 Å². The number of hydrogen-bond donors (Lipinski definition) is 0. The third kappa shape index (κ3) is 17.6. The summed E-state index contributed by atoms with van der Waals surface area (Å²) in [7, 11) is 6.62. The van der Waals surface area contributed by atoms with Crippen LogP contribution < -0.4 is 13.7 Å². The lowest BCUT2D eigenvalue weighted by Gasteiger charge is -2.19. The molecule has 0 saturated carbocycles. The summed E-state index contributed by atoms with van der Waals surface area (Å²) < 4.78 is 7.05. The van der Waals surface area contributed by atoms with E-state index >= 15 is 0 Å². The fourth-order valence-electron chi connectivity index (χ4n) is 19.1. The van der Waals surface area contributed by atoms with Crippen molar-refractivity contribution in [3.05, 3.63) is 311 Å². The van der Waals surface area contributed by atoms with Crippen molar-refractivity contribution >= 4 is 0 Å². The summed E-state index contributed by atoms with van der Waals surface area (Å²) in [6.45, 7) is 50.4. The molecule has 3 heterocycles. The first-order valence-corrected chi connectivity index (χ1v) is 42.6. The van der Waals surface area contributed by atoms with Gasteiger partial charge in [-0.15, -0.1) is 0 Å². The minimum Gasteiger partial charge on any atom is -0.201 e. The summed E-state index contributed by atoms with van der Waals surface area (Å²) >= 11 is 0. The molecular weight excluding hydrogens is 1360 g/mol. The van der Waals surface area contributed by atoms with E-state index in [9.17, 15) is 0 Å². The molecule has 113 heavy (non-hydrogen) atoms. The van der Waals surface area contributed by atoms with E-state index in [2.05, 4.69) is 376 Å². The van der Waals surface area contributed by atoms with Gasteiger partial charge in [-0.2, -0.15) is 0 Å². The molecule has 16 rings (SSSR count). The molecule has 4 aliphatic carbocycles. The normalized spacial score (nSPS) is 12.7. The second-order valence-corrected chi connectivity index (χ2v) is 38.5. The van der Waals surface area contributed by atoms with E-state index in [-0.39, 0.29) is 0 Å². The lowest BCUT2D eigenvalue weighted by atomic mass is 9.86. The maximum atomic E-state index is 2.49. The van der Waals surface area contributed by atoms with Gasteiger partial charge in [0.05, 0.1) is 16.7 Å². The molecular formula is C110H130N3+3. The number of benzene rings is 9. The Labute approximate surface area is 681 Å². The van der Waals surface area contributed by atoms with Crippen molar-refractivity contribution in [1.82, 2.24) is 0 Å². The zero-order chi connectivity index (χ0) is 81.0. The molecule has 0 bridgehead atoms. The molecule has 0 amide bonds. The van der Waals surface area contributed by atoms with Crippen molar-refractivity contribution in [1.29, 1.82) is 0 Å². The van der Waals surface area contributed by atoms with Gasteiger partial charge in [0, 0.05) is 34.9 Å². The minimum absolute atomic E-state index is 0.294. The first kappa shape index (κ1) is 81.4. The lowest BCUT2D eigenvalue weighted by Crippen LogP contribution is -2.33. The summed E-state index contributed by atoms with van der Waals surface area (Å²) in [6, 6.07) is 64.4. The molecule has 4 aliphatic rings. The maximum absolute atomic E-state index is 2.49. The van der Waals surface area contributed by atoms with Crippen LogP contribution in [0.1, 0.15) is 219 Å². The Morgan fingerprint density at radius 2 is 0.646 bits per heavy atom. The largest absolute Gasteiger partial charge is 0.213 e. The molecule has 0 saturated heterocycles. The Hall–Kier alpha value is -9.57. The molecule has 0 spiro atoms. The second-order valence-electron chi connectivity index (χ2n) is 38.5. The Kier molecular flexibility index (Phi) is 23.9. The first-order chi connectivity index (χ1) is 53.6. The number of pyridine rings is 3. The van der Waals surface area contributed by atoms with Crippen LogP contribution in [0.3, 0.4) is 0 Å². The molecule has 9 aromatic carbocycles. The summed E-state index contributed by atoms with van der Waals surface area (Å²) in [6.07, 6.45) is 18.1. The summed E-state index contributed by atoms with van der Waals surface area (Å²) in [4.78, 5) is 0. The van der Waals surface area contributed by atoms with Crippen molar-refractivity contribution in [2.24, 2.45) is 55.6 Å². The Bertz CT molecular complexity index is 5610. The monoisotopic (exact) mass is 1490 g/mol. The van der Waals surface area contributed by atoms with Crippen molar-refractivity contribution in [3.8, 4) is 89.4 Å². The van der Waals surface area contributed by atoms with Crippen LogP contribution in [0.25, 0.3) is 89.4 Å². The summed E-state index contributed by atoms with van der Waals surface area (Å²) in [5, 5.41) is 0. The molecule has 3 aromatic heterocycles. The molecule has 0 radical (unpaired) electrons. The number of hydrogen-bond acceptors (Lipinski definition) is 0. The number of fused-ring (bicyclic) bond motifs is 12. The van der Waals surface area contributed by atoms with E-state index in [4.69, 9.17) is 0 Å². The number of nitrogens with zero attached hydrogens (tertiary/aromatic N) is 3. The van der Waals surface area contributed by atoms with Gasteiger partial charge in [0.15, 0.2) is 18.6 Å². The van der Waals surface area contributed by atoms with Crippen LogP contribution in [0, 0.1) is 89.9 Å². The van der Waals surface area contributed by atoms with Gasteiger partial charge < -0.3 is 0 Å². The number of aryl methyl sites for hydroxylation is 11. The minimum atomic E-state index is 0.294. The van der Waals surface area contributed by atoms with E-state index < -0.39 is 0 Å². The lowest BCUT2D eigenvalue weighted by molar-refractivity contribution is -0.661. The quantitative estimate of drug-likeness (QED) is 0.0962. The Balaban J connectivity index is 0.000000132. The van der Waals surface area contributed by atoms with Crippen LogP contribution >= 0.6 is 0 Å². The van der Waals surface area contributed by atoms with Gasteiger partial charge in [0.2, 0.25) is 17.1 Å². The number of rotatable bonds is 14. The zero-order valence-electron chi connectivity index (χ0n) is 73.6. The van der Waals surface area contributed by atoms with Gasteiger partial charge in [-0.25, -0.2) is 13.7 Å². The van der Waals surface area contributed by atoms with E-state index in [1.807, 2.05) is 0 Å². The van der Waals surface area contributed by atoms with Crippen LogP contribution in [0.4, 0.5) is 0 Å². The highest BCUT2D eigenvalue weighted by molar-refractivity contribution is 5.90. The molecule has 582 valence electrons. The predicted molar refractivity (Wildman–Crippen MR) is 482 cm³/mol. The third-order valence-electron chi connectivity index (χ3n) is 24.3. The standard InChI is InChI=1S/C28H34N.C28H32.2C27H32N/c1-18(2)13-22-16-27(29(6)17-23(22)14-19(3)4)28-20(5)11-12-25-24-10-8-7-9-21(24)15-26(25)28;1-18(2)14-21-11-12-23(16-24(21)15-19(3)4)25-13-10-20(5)28-26-9-7-6-8-22(26)17-27(25)28;1-17-8-10-22-20(12-17)14-24-23(22)11-9-18(2)26(24)25-13-19(3)21(16-28(25)7)15-27(4,5)6;1-17-9-8-10-21-22-12-11-18(2)26(24(22)14-23(17)21)25-13-19(3)20(16-28(25)7)15-27(4,5)6/h7-12,16-19H,13-15H2,1-6H3;6-13,16,18-19H,14-15,17H2,1-5H3;2*8-13,16H,14-15H2,1-7H3/q+1;;2*+1. The van der Waals surface area contributed by atoms with Crippen LogP contribution in [-0.4, -0.2) is 0 Å². The molecule has 12 aromatic rings. The van der Waals surface area contributed by atoms with Crippen LogP contribution in [0.15, 0.2) is 188 Å². The average Bonchev–Trinajstić information content (AvgIpc) is 1.66. The van der Waals surface area contributed by atoms with Gasteiger partial charge >= 0.3 is 0 Å². The third-order valence-corrected chi connectivity index (χ3v) is 24.3. The Morgan fingerprint density at radius 1 is 0.274 bits per heavy atom. The maximum Gasteiger partial charge on any atom is 0.213 e. The van der Waals surface area contributed by atoms with Crippen molar-refractivity contribution in [2.75, 3.05) is 0 Å². The van der Waals surface area contributed by atoms with Crippen LogP contribution in [0.2, 0.25) is 0 Å². The van der Waals surface area contributed by atoms with Crippen molar-refractivity contribution < 1.29 is 13.7 Å². The molecule has 3 heteroatoms. The van der Waals surface area contributed by atoms with E-state index in [1.54, 1.807) is 0 Å². The molecule has 0 N–H and O–H groups in total. The van der Waals surface area contributed by atoms with Gasteiger partial charge in [-0.05, 0) is 310 Å². The molecule has 3 nitrogen and oxygen atoms in total. The smallest absolute Gasteiger partial charge is 0.201 e. The van der Waals surface area contributed by atoms with Gasteiger partial charge in [0.1, 0.15) is 21.1 Å². The fraction of sp³-hybridized carbons (Fsp3) is 0.373. The predicted octanol–water partition coefficient (Wildman–Crippen LogP) is 26.6. The van der Waals surface area contributed by atoms with E-state index in [1.165, 1.54) is 218 Å². The van der Waals surface area contributed by atoms with Gasteiger partial charge in [-0.1, -0.05) is 254 Å². The number of aromatic nitrogens is 3. The molecule has 0 unspecified atom stereocenters. The van der Waals surface area contributed by atoms with Crippen LogP contribution in [-0.2, 0) is 85.4 Å². The molecule has 0 aliphatic heterocycles. The van der Waals surface area contributed by atoms with Gasteiger partial charge in [0.25, 0.3) is 0 Å². The Morgan fingerprint density at radius 3 is 1.16 bits per heavy atom. The summed E-state index contributed by atoms with van der Waals surface area (Å²) in [5.41, 5.74) is 54.9. The van der Waals surface area contributed by atoms with Crippen molar-refractivity contribution in [3.63, 3.8) is 0 Å². The van der Waals surface area contributed by atoms with Gasteiger partial charge in [-0.3, -0.25) is 0 Å². The van der Waals surface area contributed by atoms with Crippen LogP contribution in [0.5, 0.6) is 0 Å². The zero-order valence-corrected chi connectivity index (χ0v) is 73.6. The first-order valence-electron chi connectivity index (χ1n) is 42.6. The average molecular weight is 1490 g/mol. The molecule has 0 atom stereocenters. The SMILES string of the molecule is Cc1cc(-c2c(C)ccc3c2Cc2c(C)cccc2-3)[n+](C)cc1CC(C)(C)C.Cc1ccc(-c2ccc(CC(C)C)c(CC(C)C)c2)c2c1-c1ccccc1C2.Cc1ccc2c(c1)Cc1c-2ccc(C)c1-c1cc(C)c(CC(C)(C)C)c[n+]1C.Cc1ccc2c(c1-c1cc(CC(C)C)c(CC(C)C)c[n+]1C)Cc1ccccc1-2. The molecule has 0 fully saturated rings. The van der Waals surface area contributed by atoms with E-state index in [0.29, 0.717) is 34.5 Å².